The molecule has 0 aromatic carbocycles. The second-order valence-electron chi connectivity index (χ2n) is 3.71. The van der Waals surface area contributed by atoms with Crippen LogP contribution in [0.25, 0.3) is 0 Å². The normalized spacial score (nSPS) is 19.2. The van der Waals surface area contributed by atoms with E-state index in [0.717, 1.165) is 31.9 Å². The highest BCUT2D eigenvalue weighted by molar-refractivity contribution is 5.92. The van der Waals surface area contributed by atoms with E-state index in [1.807, 2.05) is 13.0 Å². The van der Waals surface area contributed by atoms with Gasteiger partial charge in [0, 0.05) is 19.2 Å². The van der Waals surface area contributed by atoms with Gasteiger partial charge in [-0.15, -0.1) is 12.4 Å². The zero-order valence-corrected chi connectivity index (χ0v) is 10.1. The summed E-state index contributed by atoms with van der Waals surface area (Å²) in [5, 5.41) is 10.2. The first-order valence-corrected chi connectivity index (χ1v) is 5.34. The van der Waals surface area contributed by atoms with Gasteiger partial charge in [0.2, 0.25) is 5.91 Å². The molecule has 5 nitrogen and oxygen atoms in total. The van der Waals surface area contributed by atoms with E-state index in [0.29, 0.717) is 0 Å². The highest BCUT2D eigenvalue weighted by Gasteiger charge is 2.22. The van der Waals surface area contributed by atoms with Crippen LogP contribution in [-0.4, -0.2) is 28.8 Å². The van der Waals surface area contributed by atoms with Gasteiger partial charge in [-0.2, -0.15) is 5.10 Å². The van der Waals surface area contributed by atoms with E-state index in [1.165, 1.54) is 0 Å². The highest BCUT2D eigenvalue weighted by Crippen LogP contribution is 2.12. The maximum Gasteiger partial charge on any atom is 0.229 e. The summed E-state index contributed by atoms with van der Waals surface area (Å²) in [6.45, 7) is 4.49. The predicted octanol–water partition coefficient (Wildman–Crippen LogP) is 0.873. The smallest absolute Gasteiger partial charge is 0.229 e. The molecule has 6 heteroatoms. The summed E-state index contributed by atoms with van der Waals surface area (Å²) < 4.78 is 1.78. The number of carbonyl (C=O) groups excluding carboxylic acids is 1. The van der Waals surface area contributed by atoms with Gasteiger partial charge in [-0.05, 0) is 19.9 Å². The van der Waals surface area contributed by atoms with E-state index in [-0.39, 0.29) is 24.2 Å². The molecule has 2 rings (SSSR count). The van der Waals surface area contributed by atoms with Crippen LogP contribution < -0.4 is 10.6 Å². The molecule has 2 N–H and O–H groups in total. The number of rotatable bonds is 3. The molecule has 1 aliphatic heterocycles. The molecule has 1 aromatic heterocycles. The summed E-state index contributed by atoms with van der Waals surface area (Å²) in [7, 11) is 0. The zero-order chi connectivity index (χ0) is 10.7. The lowest BCUT2D eigenvalue weighted by atomic mass is 10.1. The fraction of sp³-hybridized carbons (Fsp3) is 0.600. The third-order valence-corrected chi connectivity index (χ3v) is 2.70. The fourth-order valence-corrected chi connectivity index (χ4v) is 1.80. The average molecular weight is 245 g/mol. The minimum atomic E-state index is 0. The number of nitrogens with zero attached hydrogens (tertiary/aromatic N) is 2. The van der Waals surface area contributed by atoms with Crippen LogP contribution in [0, 0.1) is 5.92 Å². The quantitative estimate of drug-likeness (QED) is 0.830. The van der Waals surface area contributed by atoms with Crippen LogP contribution in [0.2, 0.25) is 0 Å². The summed E-state index contributed by atoms with van der Waals surface area (Å²) in [5.74, 6) is 0.981. The molecule has 0 saturated carbocycles. The largest absolute Gasteiger partial charge is 0.316 e. The lowest BCUT2D eigenvalue weighted by molar-refractivity contribution is -0.119. The second kappa shape index (κ2) is 5.86. The summed E-state index contributed by atoms with van der Waals surface area (Å²) in [4.78, 5) is 11.8. The van der Waals surface area contributed by atoms with E-state index in [4.69, 9.17) is 0 Å². The van der Waals surface area contributed by atoms with Crippen LogP contribution in [0.15, 0.2) is 12.3 Å². The van der Waals surface area contributed by atoms with Crippen molar-refractivity contribution in [3.8, 4) is 0 Å². The number of halogens is 1. The van der Waals surface area contributed by atoms with Crippen LogP contribution >= 0.6 is 12.4 Å². The number of hydrogen-bond donors (Lipinski definition) is 2. The SMILES string of the molecule is CCn1nccc1NC(=O)[C@H]1CCNC1.Cl. The lowest BCUT2D eigenvalue weighted by Gasteiger charge is -2.10. The van der Waals surface area contributed by atoms with Gasteiger partial charge < -0.3 is 10.6 Å². The molecule has 1 fully saturated rings. The molecule has 0 radical (unpaired) electrons. The van der Waals surface area contributed by atoms with Gasteiger partial charge in [0.1, 0.15) is 5.82 Å². The minimum absolute atomic E-state index is 0. The zero-order valence-electron chi connectivity index (χ0n) is 9.27. The molecule has 0 aliphatic carbocycles. The van der Waals surface area contributed by atoms with Gasteiger partial charge in [-0.25, -0.2) is 4.68 Å². The topological polar surface area (TPSA) is 59.0 Å². The maximum atomic E-state index is 11.8. The van der Waals surface area contributed by atoms with Crippen molar-refractivity contribution >= 4 is 24.1 Å². The van der Waals surface area contributed by atoms with Crippen LogP contribution in [0.3, 0.4) is 0 Å². The van der Waals surface area contributed by atoms with Gasteiger partial charge in [-0.1, -0.05) is 0 Å². The van der Waals surface area contributed by atoms with Gasteiger partial charge in [0.25, 0.3) is 0 Å². The van der Waals surface area contributed by atoms with Crippen molar-refractivity contribution in [1.29, 1.82) is 0 Å². The molecule has 1 aromatic rings. The van der Waals surface area contributed by atoms with Gasteiger partial charge in [-0.3, -0.25) is 4.79 Å². The number of aromatic nitrogens is 2. The third kappa shape index (κ3) is 2.74. The number of anilines is 1. The molecular weight excluding hydrogens is 228 g/mol. The summed E-state index contributed by atoms with van der Waals surface area (Å²) >= 11 is 0. The highest BCUT2D eigenvalue weighted by atomic mass is 35.5. The van der Waals surface area contributed by atoms with Gasteiger partial charge in [0.05, 0.1) is 12.1 Å². The van der Waals surface area contributed by atoms with Crippen LogP contribution in [0.4, 0.5) is 5.82 Å². The van der Waals surface area contributed by atoms with E-state index >= 15 is 0 Å². The Morgan fingerprint density at radius 3 is 3.19 bits per heavy atom. The minimum Gasteiger partial charge on any atom is -0.316 e. The molecule has 1 atom stereocenters. The third-order valence-electron chi connectivity index (χ3n) is 2.70. The Morgan fingerprint density at radius 1 is 1.75 bits per heavy atom. The molecule has 1 saturated heterocycles. The number of carbonyl (C=O) groups is 1. The Balaban J connectivity index is 0.00000128. The molecule has 90 valence electrons. The first-order chi connectivity index (χ1) is 7.31. The van der Waals surface area contributed by atoms with Gasteiger partial charge >= 0.3 is 0 Å². The first kappa shape index (κ1) is 13.0. The fourth-order valence-electron chi connectivity index (χ4n) is 1.80. The van der Waals surface area contributed by atoms with Crippen molar-refractivity contribution in [2.75, 3.05) is 18.4 Å². The Bertz CT molecular complexity index is 346. The van der Waals surface area contributed by atoms with Crippen molar-refractivity contribution in [2.45, 2.75) is 19.9 Å². The molecule has 1 amide bonds. The molecule has 0 bridgehead atoms. The predicted molar refractivity (Wildman–Crippen MR) is 64.8 cm³/mol. The van der Waals surface area contributed by atoms with E-state index in [2.05, 4.69) is 15.7 Å². The molecular formula is C10H17ClN4O. The Labute approximate surface area is 101 Å². The van der Waals surface area contributed by atoms with Crippen molar-refractivity contribution in [3.05, 3.63) is 12.3 Å². The summed E-state index contributed by atoms with van der Waals surface area (Å²) in [6.07, 6.45) is 2.62. The number of hydrogen-bond acceptors (Lipinski definition) is 3. The van der Waals surface area contributed by atoms with Crippen molar-refractivity contribution < 1.29 is 4.79 Å². The number of aryl methyl sites for hydroxylation is 1. The van der Waals surface area contributed by atoms with E-state index < -0.39 is 0 Å². The first-order valence-electron chi connectivity index (χ1n) is 5.34. The second-order valence-corrected chi connectivity index (χ2v) is 3.71. The van der Waals surface area contributed by atoms with Crippen molar-refractivity contribution in [2.24, 2.45) is 5.92 Å². The lowest BCUT2D eigenvalue weighted by Crippen LogP contribution is -2.25. The molecule has 0 spiro atoms. The monoisotopic (exact) mass is 244 g/mol. The molecule has 2 heterocycles. The van der Waals surface area contributed by atoms with Crippen LogP contribution in [0.1, 0.15) is 13.3 Å². The van der Waals surface area contributed by atoms with Crippen LogP contribution in [0.5, 0.6) is 0 Å². The van der Waals surface area contributed by atoms with E-state index in [9.17, 15) is 4.79 Å². The molecule has 0 unspecified atom stereocenters. The van der Waals surface area contributed by atoms with E-state index in [1.54, 1.807) is 10.9 Å². The van der Waals surface area contributed by atoms with Gasteiger partial charge in [0.15, 0.2) is 0 Å². The number of nitrogens with one attached hydrogen (secondary N) is 2. The maximum absolute atomic E-state index is 11.8. The summed E-state index contributed by atoms with van der Waals surface area (Å²) in [6, 6.07) is 1.82. The molecule has 16 heavy (non-hydrogen) atoms. The van der Waals surface area contributed by atoms with Crippen molar-refractivity contribution in [3.63, 3.8) is 0 Å². The Kier molecular flexibility index (Phi) is 4.76. The van der Waals surface area contributed by atoms with Crippen molar-refractivity contribution in [1.82, 2.24) is 15.1 Å². The average Bonchev–Trinajstić information content (AvgIpc) is 2.87. The summed E-state index contributed by atoms with van der Waals surface area (Å²) in [5.41, 5.74) is 0. The standard InChI is InChI=1S/C10H16N4O.ClH/c1-2-14-9(4-6-12-14)13-10(15)8-3-5-11-7-8;/h4,6,8,11H,2-3,5,7H2,1H3,(H,13,15);1H/t8-;/m0./s1. The molecule has 1 aliphatic rings. The Morgan fingerprint density at radius 2 is 2.56 bits per heavy atom. The van der Waals surface area contributed by atoms with Crippen LogP contribution in [-0.2, 0) is 11.3 Å². The Hall–Kier alpha value is -1.07. The number of amides is 1.